The maximum atomic E-state index is 5.62. The van der Waals surface area contributed by atoms with Crippen molar-refractivity contribution in [3.8, 4) is 0 Å². The Bertz CT molecular complexity index is 147. The summed E-state index contributed by atoms with van der Waals surface area (Å²) in [4.78, 5) is 2.62. The molecular weight excluding hydrogens is 172 g/mol. The van der Waals surface area contributed by atoms with E-state index < -0.39 is 0 Å². The van der Waals surface area contributed by atoms with Crippen molar-refractivity contribution in [3.63, 3.8) is 0 Å². The first-order chi connectivity index (χ1) is 6.72. The molecule has 0 aromatic heterocycles. The zero-order valence-electron chi connectivity index (χ0n) is 9.84. The average molecular weight is 198 g/mol. The minimum atomic E-state index is 0.690. The molecule has 0 aromatic rings. The first-order valence-corrected chi connectivity index (χ1v) is 6.14. The van der Waals surface area contributed by atoms with Crippen LogP contribution in [0.2, 0.25) is 0 Å². The van der Waals surface area contributed by atoms with Crippen LogP contribution < -0.4 is 5.73 Å². The van der Waals surface area contributed by atoms with Crippen molar-refractivity contribution < 1.29 is 0 Å². The normalized spacial score (nSPS) is 27.2. The lowest BCUT2D eigenvalue weighted by Gasteiger charge is -2.21. The van der Waals surface area contributed by atoms with E-state index in [-0.39, 0.29) is 0 Å². The van der Waals surface area contributed by atoms with Gasteiger partial charge in [0.2, 0.25) is 0 Å². The highest BCUT2D eigenvalue weighted by Gasteiger charge is 2.13. The fourth-order valence-corrected chi connectivity index (χ4v) is 2.07. The Hall–Kier alpha value is -0.0800. The number of nitrogens with zero attached hydrogens (tertiary/aromatic N) is 1. The molecule has 1 saturated heterocycles. The van der Waals surface area contributed by atoms with Crippen LogP contribution in [-0.4, -0.2) is 31.1 Å². The highest BCUT2D eigenvalue weighted by atomic mass is 15.1. The highest BCUT2D eigenvalue weighted by molar-refractivity contribution is 4.68. The average Bonchev–Trinajstić information content (AvgIpc) is 2.39. The zero-order valence-corrected chi connectivity index (χ0v) is 9.84. The Morgan fingerprint density at radius 1 is 1.36 bits per heavy atom. The van der Waals surface area contributed by atoms with Gasteiger partial charge in [0.1, 0.15) is 0 Å². The van der Waals surface area contributed by atoms with Crippen LogP contribution in [0.15, 0.2) is 0 Å². The maximum Gasteiger partial charge on any atom is -0.00157 e. The fourth-order valence-electron chi connectivity index (χ4n) is 2.07. The van der Waals surface area contributed by atoms with Crippen molar-refractivity contribution in [1.82, 2.24) is 4.90 Å². The van der Waals surface area contributed by atoms with Gasteiger partial charge in [0, 0.05) is 0 Å². The molecule has 0 bridgehead atoms. The second kappa shape index (κ2) is 6.41. The third kappa shape index (κ3) is 4.43. The monoisotopic (exact) mass is 198 g/mol. The predicted molar refractivity (Wildman–Crippen MR) is 62.3 cm³/mol. The van der Waals surface area contributed by atoms with Gasteiger partial charge in [0.05, 0.1) is 0 Å². The van der Waals surface area contributed by atoms with Gasteiger partial charge >= 0.3 is 0 Å². The van der Waals surface area contributed by atoms with Crippen LogP contribution in [0.4, 0.5) is 0 Å². The zero-order chi connectivity index (χ0) is 10.4. The SMILES string of the molecule is CC(CN)CCN1CCCC(C)CC1. The Balaban J connectivity index is 2.17. The van der Waals surface area contributed by atoms with Gasteiger partial charge in [-0.1, -0.05) is 13.8 Å². The number of hydrogen-bond donors (Lipinski definition) is 1. The second-order valence-electron chi connectivity index (χ2n) is 5.01. The largest absolute Gasteiger partial charge is 0.330 e. The van der Waals surface area contributed by atoms with Crippen molar-refractivity contribution >= 4 is 0 Å². The predicted octanol–water partition coefficient (Wildman–Crippen LogP) is 2.09. The first-order valence-electron chi connectivity index (χ1n) is 6.14. The Labute approximate surface area is 88.8 Å². The molecule has 2 unspecified atom stereocenters. The van der Waals surface area contributed by atoms with Crippen molar-refractivity contribution in [3.05, 3.63) is 0 Å². The van der Waals surface area contributed by atoms with Crippen LogP contribution in [0.3, 0.4) is 0 Å². The van der Waals surface area contributed by atoms with Crippen LogP contribution in [0.25, 0.3) is 0 Å². The molecule has 1 heterocycles. The summed E-state index contributed by atoms with van der Waals surface area (Å²) in [5.74, 6) is 1.63. The summed E-state index contributed by atoms with van der Waals surface area (Å²) < 4.78 is 0. The molecule has 0 saturated carbocycles. The van der Waals surface area contributed by atoms with Gasteiger partial charge in [-0.25, -0.2) is 0 Å². The summed E-state index contributed by atoms with van der Waals surface area (Å²) in [6, 6.07) is 0. The highest BCUT2D eigenvalue weighted by Crippen LogP contribution is 2.16. The molecule has 1 aliphatic heterocycles. The van der Waals surface area contributed by atoms with Crippen molar-refractivity contribution in [1.29, 1.82) is 0 Å². The molecule has 2 atom stereocenters. The molecule has 1 rings (SSSR count). The van der Waals surface area contributed by atoms with Gasteiger partial charge in [0.25, 0.3) is 0 Å². The van der Waals surface area contributed by atoms with Gasteiger partial charge in [-0.3, -0.25) is 0 Å². The van der Waals surface area contributed by atoms with E-state index in [9.17, 15) is 0 Å². The van der Waals surface area contributed by atoms with E-state index >= 15 is 0 Å². The van der Waals surface area contributed by atoms with E-state index in [0.717, 1.165) is 12.5 Å². The summed E-state index contributed by atoms with van der Waals surface area (Å²) in [5, 5.41) is 0. The quantitative estimate of drug-likeness (QED) is 0.749. The van der Waals surface area contributed by atoms with Crippen molar-refractivity contribution in [2.75, 3.05) is 26.2 Å². The Kier molecular flexibility index (Phi) is 5.49. The molecular formula is C12H26N2. The number of rotatable bonds is 4. The number of nitrogens with two attached hydrogens (primary N) is 1. The van der Waals surface area contributed by atoms with E-state index in [1.807, 2.05) is 0 Å². The van der Waals surface area contributed by atoms with Crippen LogP contribution in [0, 0.1) is 11.8 Å². The van der Waals surface area contributed by atoms with E-state index in [4.69, 9.17) is 5.73 Å². The minimum Gasteiger partial charge on any atom is -0.330 e. The molecule has 0 amide bonds. The topological polar surface area (TPSA) is 29.3 Å². The van der Waals surface area contributed by atoms with E-state index in [2.05, 4.69) is 18.7 Å². The molecule has 0 spiro atoms. The molecule has 1 fully saturated rings. The smallest absolute Gasteiger partial charge is 0.00157 e. The molecule has 0 radical (unpaired) electrons. The molecule has 14 heavy (non-hydrogen) atoms. The van der Waals surface area contributed by atoms with Gasteiger partial charge in [-0.2, -0.15) is 0 Å². The van der Waals surface area contributed by atoms with Crippen LogP contribution in [0.5, 0.6) is 0 Å². The lowest BCUT2D eigenvalue weighted by Crippen LogP contribution is -2.28. The molecule has 2 nitrogen and oxygen atoms in total. The molecule has 2 heteroatoms. The third-order valence-electron chi connectivity index (χ3n) is 3.45. The first kappa shape index (κ1) is 12.0. The third-order valence-corrected chi connectivity index (χ3v) is 3.45. The summed E-state index contributed by atoms with van der Waals surface area (Å²) in [6.45, 7) is 9.34. The van der Waals surface area contributed by atoms with Gasteiger partial charge < -0.3 is 10.6 Å². The lowest BCUT2D eigenvalue weighted by atomic mass is 10.0. The summed E-state index contributed by atoms with van der Waals surface area (Å²) >= 11 is 0. The van der Waals surface area contributed by atoms with Crippen LogP contribution in [0.1, 0.15) is 39.5 Å². The Morgan fingerprint density at radius 2 is 2.14 bits per heavy atom. The van der Waals surface area contributed by atoms with E-state index in [0.29, 0.717) is 5.92 Å². The standard InChI is InChI=1S/C12H26N2/c1-11-4-3-7-14(8-5-11)9-6-12(2)10-13/h11-12H,3-10,13H2,1-2H3. The van der Waals surface area contributed by atoms with Crippen molar-refractivity contribution in [2.24, 2.45) is 17.6 Å². The molecule has 1 aliphatic rings. The number of likely N-dealkylation sites (tertiary alicyclic amines) is 1. The molecule has 84 valence electrons. The number of hydrogen-bond acceptors (Lipinski definition) is 2. The van der Waals surface area contributed by atoms with Gasteiger partial charge in [0.15, 0.2) is 0 Å². The molecule has 2 N–H and O–H groups in total. The summed E-state index contributed by atoms with van der Waals surface area (Å²) in [5.41, 5.74) is 5.62. The molecule has 0 aliphatic carbocycles. The molecule has 0 aromatic carbocycles. The van der Waals surface area contributed by atoms with Crippen molar-refractivity contribution in [2.45, 2.75) is 39.5 Å². The van der Waals surface area contributed by atoms with E-state index in [1.165, 1.54) is 45.3 Å². The van der Waals surface area contributed by atoms with E-state index in [1.54, 1.807) is 0 Å². The maximum absolute atomic E-state index is 5.62. The minimum absolute atomic E-state index is 0.690. The van der Waals surface area contributed by atoms with Crippen LogP contribution in [-0.2, 0) is 0 Å². The second-order valence-corrected chi connectivity index (χ2v) is 5.01. The summed E-state index contributed by atoms with van der Waals surface area (Å²) in [7, 11) is 0. The fraction of sp³-hybridized carbons (Fsp3) is 1.00. The lowest BCUT2D eigenvalue weighted by molar-refractivity contribution is 0.262. The van der Waals surface area contributed by atoms with Crippen LogP contribution >= 0.6 is 0 Å². The van der Waals surface area contributed by atoms with Gasteiger partial charge in [-0.15, -0.1) is 0 Å². The Morgan fingerprint density at radius 3 is 2.86 bits per heavy atom. The van der Waals surface area contributed by atoms with Gasteiger partial charge in [-0.05, 0) is 63.7 Å². The summed E-state index contributed by atoms with van der Waals surface area (Å²) in [6.07, 6.45) is 5.46.